The van der Waals surface area contributed by atoms with Crippen molar-refractivity contribution in [2.75, 3.05) is 0 Å². The lowest BCUT2D eigenvalue weighted by atomic mass is 10.1. The second kappa shape index (κ2) is 4.33. The number of carbonyl (C=O) groups excluding carboxylic acids is 1. The van der Waals surface area contributed by atoms with Gasteiger partial charge in [0.2, 0.25) is 12.2 Å². The van der Waals surface area contributed by atoms with Gasteiger partial charge in [0.1, 0.15) is 5.69 Å². The summed E-state index contributed by atoms with van der Waals surface area (Å²) in [6.45, 7) is 0. The van der Waals surface area contributed by atoms with Crippen molar-refractivity contribution < 1.29 is 9.32 Å². The Morgan fingerprint density at radius 3 is 2.84 bits per heavy atom. The molecule has 0 unspecified atom stereocenters. The van der Waals surface area contributed by atoms with Crippen LogP contribution < -0.4 is 5.73 Å². The molecule has 2 aromatic heterocycles. The van der Waals surface area contributed by atoms with Crippen LogP contribution in [0.4, 0.5) is 0 Å². The molecule has 3 aromatic rings. The molecule has 0 saturated carbocycles. The number of carbonyl (C=O) groups is 1. The van der Waals surface area contributed by atoms with Gasteiger partial charge in [-0.25, -0.2) is 0 Å². The van der Waals surface area contributed by atoms with Gasteiger partial charge in [-0.05, 0) is 6.07 Å². The molecule has 1 aromatic carbocycles. The zero-order valence-corrected chi connectivity index (χ0v) is 9.57. The van der Waals surface area contributed by atoms with Crippen LogP contribution in [0.25, 0.3) is 22.6 Å². The number of hydrogen-bond acceptors (Lipinski definition) is 6. The molecule has 0 saturated heterocycles. The van der Waals surface area contributed by atoms with Crippen LogP contribution in [0.3, 0.4) is 0 Å². The van der Waals surface area contributed by atoms with E-state index in [0.29, 0.717) is 17.1 Å². The van der Waals surface area contributed by atoms with Crippen molar-refractivity contribution in [2.24, 2.45) is 5.73 Å². The summed E-state index contributed by atoms with van der Waals surface area (Å²) in [5.74, 6) is -0.195. The molecule has 3 N–H and O–H groups in total. The number of amides is 1. The largest absolute Gasteiger partial charge is 0.364 e. The van der Waals surface area contributed by atoms with Gasteiger partial charge in [0, 0.05) is 11.1 Å². The molecule has 2 heterocycles. The molecule has 19 heavy (non-hydrogen) atoms. The summed E-state index contributed by atoms with van der Waals surface area (Å²) < 4.78 is 4.69. The van der Waals surface area contributed by atoms with Crippen molar-refractivity contribution >= 4 is 5.91 Å². The molecular formula is C11H8N6O2. The lowest BCUT2D eigenvalue weighted by molar-refractivity contribution is 0.0996. The minimum atomic E-state index is -0.645. The lowest BCUT2D eigenvalue weighted by Crippen LogP contribution is -2.12. The first kappa shape index (κ1) is 11.1. The highest BCUT2D eigenvalue weighted by atomic mass is 16.5. The second-order valence-corrected chi connectivity index (χ2v) is 3.72. The minimum Gasteiger partial charge on any atom is -0.364 e. The van der Waals surface area contributed by atoms with Crippen molar-refractivity contribution in [3.8, 4) is 22.6 Å². The smallest absolute Gasteiger partial charge is 0.271 e. The Labute approximate surface area is 106 Å². The maximum absolute atomic E-state index is 11.2. The lowest BCUT2D eigenvalue weighted by Gasteiger charge is -2.00. The molecule has 0 spiro atoms. The van der Waals surface area contributed by atoms with Crippen LogP contribution in [-0.2, 0) is 0 Å². The molecule has 0 radical (unpaired) electrons. The molecule has 0 aliphatic carbocycles. The fourth-order valence-electron chi connectivity index (χ4n) is 1.71. The van der Waals surface area contributed by atoms with E-state index >= 15 is 0 Å². The number of benzene rings is 1. The third-order valence-electron chi connectivity index (χ3n) is 2.54. The van der Waals surface area contributed by atoms with E-state index < -0.39 is 5.91 Å². The summed E-state index contributed by atoms with van der Waals surface area (Å²) in [4.78, 5) is 15.2. The van der Waals surface area contributed by atoms with E-state index in [1.807, 2.05) is 6.07 Å². The summed E-state index contributed by atoms with van der Waals surface area (Å²) in [6, 6.07) is 7.17. The van der Waals surface area contributed by atoms with Gasteiger partial charge in [0.05, 0.1) is 0 Å². The Hall–Kier alpha value is -3.03. The average Bonchev–Trinajstić information content (AvgIpc) is 3.10. The summed E-state index contributed by atoms with van der Waals surface area (Å²) in [5, 5.41) is 13.8. The van der Waals surface area contributed by atoms with Gasteiger partial charge >= 0.3 is 0 Å². The number of hydrogen-bond donors (Lipinski definition) is 2. The van der Waals surface area contributed by atoms with Crippen LogP contribution in [0.5, 0.6) is 0 Å². The fraction of sp³-hybridized carbons (Fsp3) is 0. The first-order valence-electron chi connectivity index (χ1n) is 5.33. The highest BCUT2D eigenvalue weighted by Crippen LogP contribution is 2.24. The zero-order chi connectivity index (χ0) is 13.2. The number of rotatable bonds is 3. The number of nitrogens with zero attached hydrogens (tertiary/aromatic N) is 4. The molecular weight excluding hydrogens is 248 g/mol. The predicted octanol–water partition coefficient (Wildman–Crippen LogP) is 0.621. The number of aromatic amines is 1. The van der Waals surface area contributed by atoms with E-state index in [1.165, 1.54) is 6.39 Å². The SMILES string of the molecule is NC(=O)c1n[nH]nc1-c1cccc(-c2ncon2)c1. The van der Waals surface area contributed by atoms with Crippen molar-refractivity contribution in [1.29, 1.82) is 0 Å². The van der Waals surface area contributed by atoms with Gasteiger partial charge in [-0.1, -0.05) is 23.4 Å². The molecule has 0 aliphatic rings. The van der Waals surface area contributed by atoms with E-state index in [0.717, 1.165) is 5.56 Å². The Balaban J connectivity index is 2.09. The predicted molar refractivity (Wildman–Crippen MR) is 63.6 cm³/mol. The fourth-order valence-corrected chi connectivity index (χ4v) is 1.71. The molecule has 8 heteroatoms. The van der Waals surface area contributed by atoms with Crippen molar-refractivity contribution in [1.82, 2.24) is 25.6 Å². The number of nitrogens with two attached hydrogens (primary N) is 1. The van der Waals surface area contributed by atoms with E-state index in [2.05, 4.69) is 25.6 Å². The molecule has 3 rings (SSSR count). The van der Waals surface area contributed by atoms with E-state index in [-0.39, 0.29) is 5.69 Å². The van der Waals surface area contributed by atoms with E-state index in [4.69, 9.17) is 10.3 Å². The molecule has 0 fully saturated rings. The second-order valence-electron chi connectivity index (χ2n) is 3.72. The van der Waals surface area contributed by atoms with Crippen LogP contribution in [0.2, 0.25) is 0 Å². The Morgan fingerprint density at radius 1 is 1.26 bits per heavy atom. The van der Waals surface area contributed by atoms with Crippen LogP contribution >= 0.6 is 0 Å². The highest BCUT2D eigenvalue weighted by Gasteiger charge is 2.16. The summed E-state index contributed by atoms with van der Waals surface area (Å²) in [7, 11) is 0. The Bertz CT molecular complexity index is 718. The van der Waals surface area contributed by atoms with Crippen LogP contribution in [0.15, 0.2) is 35.2 Å². The van der Waals surface area contributed by atoms with Gasteiger partial charge in [-0.2, -0.15) is 20.4 Å². The van der Waals surface area contributed by atoms with Gasteiger partial charge < -0.3 is 10.3 Å². The standard InChI is InChI=1S/C11H8N6O2/c12-10(18)9-8(14-17-15-9)6-2-1-3-7(4-6)11-13-5-19-16-11/h1-5H,(H2,12,18)(H,14,15,17). The van der Waals surface area contributed by atoms with Crippen molar-refractivity contribution in [2.45, 2.75) is 0 Å². The third-order valence-corrected chi connectivity index (χ3v) is 2.54. The number of primary amides is 1. The molecule has 0 aliphatic heterocycles. The van der Waals surface area contributed by atoms with Gasteiger partial charge in [0.25, 0.3) is 5.91 Å². The maximum Gasteiger partial charge on any atom is 0.271 e. The van der Waals surface area contributed by atoms with E-state index in [9.17, 15) is 4.79 Å². The van der Waals surface area contributed by atoms with Gasteiger partial charge in [-0.3, -0.25) is 4.79 Å². The topological polar surface area (TPSA) is 124 Å². The Kier molecular flexibility index (Phi) is 2.53. The highest BCUT2D eigenvalue weighted by molar-refractivity contribution is 5.96. The first-order valence-corrected chi connectivity index (χ1v) is 5.33. The van der Waals surface area contributed by atoms with Crippen LogP contribution in [0.1, 0.15) is 10.5 Å². The number of nitrogens with one attached hydrogen (secondary N) is 1. The maximum atomic E-state index is 11.2. The normalized spacial score (nSPS) is 10.5. The number of aromatic nitrogens is 5. The van der Waals surface area contributed by atoms with Crippen LogP contribution in [-0.4, -0.2) is 31.5 Å². The molecule has 8 nitrogen and oxygen atoms in total. The van der Waals surface area contributed by atoms with Gasteiger partial charge in [-0.15, -0.1) is 0 Å². The molecule has 0 atom stereocenters. The Morgan fingerprint density at radius 2 is 2.11 bits per heavy atom. The summed E-state index contributed by atoms with van der Waals surface area (Å²) in [6.07, 6.45) is 1.24. The van der Waals surface area contributed by atoms with E-state index in [1.54, 1.807) is 18.2 Å². The molecule has 94 valence electrons. The van der Waals surface area contributed by atoms with Crippen molar-refractivity contribution in [3.05, 3.63) is 36.4 Å². The monoisotopic (exact) mass is 256 g/mol. The third kappa shape index (κ3) is 1.95. The van der Waals surface area contributed by atoms with Crippen molar-refractivity contribution in [3.63, 3.8) is 0 Å². The van der Waals surface area contributed by atoms with Gasteiger partial charge in [0.15, 0.2) is 5.69 Å². The minimum absolute atomic E-state index is 0.0882. The van der Waals surface area contributed by atoms with Crippen LogP contribution in [0, 0.1) is 0 Å². The molecule has 1 amide bonds. The first-order chi connectivity index (χ1) is 9.25. The number of H-pyrrole nitrogens is 1. The molecule has 0 bridgehead atoms. The summed E-state index contributed by atoms with van der Waals surface area (Å²) >= 11 is 0. The zero-order valence-electron chi connectivity index (χ0n) is 9.57. The quantitative estimate of drug-likeness (QED) is 0.707. The summed E-state index contributed by atoms with van der Waals surface area (Å²) in [5.41, 5.74) is 7.13. The average molecular weight is 256 g/mol.